The third-order valence-electron chi connectivity index (χ3n) is 3.41. The number of aromatic nitrogens is 2. The minimum Gasteiger partial charge on any atom is -0.466 e. The first-order chi connectivity index (χ1) is 10.6. The fraction of sp³-hybridized carbons (Fsp3) is 0.412. The van der Waals surface area contributed by atoms with Crippen LogP contribution in [0.4, 0.5) is 0 Å². The number of hydrogen-bond donors (Lipinski definition) is 0. The molecule has 22 heavy (non-hydrogen) atoms. The van der Waals surface area contributed by atoms with E-state index < -0.39 is 0 Å². The van der Waals surface area contributed by atoms with Gasteiger partial charge in [-0.15, -0.1) is 11.8 Å². The standard InChI is InChI=1S/C17H22N2O2S/c1-14-5-6-16(13-15(14)2)22-12-7-17(20)21-11-4-10-19-9-3-8-18-19/h3,5-6,8-9,13H,4,7,10-12H2,1-2H3. The summed E-state index contributed by atoms with van der Waals surface area (Å²) in [6, 6.07) is 8.26. The summed E-state index contributed by atoms with van der Waals surface area (Å²) in [6.07, 6.45) is 4.88. The van der Waals surface area contributed by atoms with Crippen molar-refractivity contribution in [3.8, 4) is 0 Å². The zero-order chi connectivity index (χ0) is 15.8. The molecule has 5 heteroatoms. The third-order valence-corrected chi connectivity index (χ3v) is 4.40. The zero-order valence-corrected chi connectivity index (χ0v) is 13.9. The van der Waals surface area contributed by atoms with E-state index in [2.05, 4.69) is 37.1 Å². The first-order valence-electron chi connectivity index (χ1n) is 7.48. The Morgan fingerprint density at radius 1 is 1.32 bits per heavy atom. The Morgan fingerprint density at radius 2 is 2.18 bits per heavy atom. The van der Waals surface area contributed by atoms with E-state index in [0.29, 0.717) is 13.0 Å². The van der Waals surface area contributed by atoms with Gasteiger partial charge in [-0.25, -0.2) is 0 Å². The lowest BCUT2D eigenvalue weighted by Gasteiger charge is -2.06. The number of thioether (sulfide) groups is 1. The van der Waals surface area contributed by atoms with Crippen LogP contribution in [0.1, 0.15) is 24.0 Å². The van der Waals surface area contributed by atoms with Gasteiger partial charge in [0.2, 0.25) is 0 Å². The molecular weight excluding hydrogens is 296 g/mol. The van der Waals surface area contributed by atoms with E-state index in [9.17, 15) is 4.79 Å². The Balaban J connectivity index is 1.58. The van der Waals surface area contributed by atoms with Crippen LogP contribution in [0.3, 0.4) is 0 Å². The zero-order valence-electron chi connectivity index (χ0n) is 13.1. The van der Waals surface area contributed by atoms with Crippen molar-refractivity contribution in [3.05, 3.63) is 47.8 Å². The fourth-order valence-electron chi connectivity index (χ4n) is 1.97. The third kappa shape index (κ3) is 5.56. The number of carbonyl (C=O) groups excluding carboxylic acids is 1. The molecule has 0 atom stereocenters. The summed E-state index contributed by atoms with van der Waals surface area (Å²) in [5.74, 6) is 0.623. The second-order valence-corrected chi connectivity index (χ2v) is 6.36. The number of benzene rings is 1. The smallest absolute Gasteiger partial charge is 0.306 e. The van der Waals surface area contributed by atoms with Crippen molar-refractivity contribution in [2.75, 3.05) is 12.4 Å². The van der Waals surface area contributed by atoms with Crippen molar-refractivity contribution in [1.82, 2.24) is 9.78 Å². The van der Waals surface area contributed by atoms with Gasteiger partial charge in [-0.3, -0.25) is 9.48 Å². The van der Waals surface area contributed by atoms with Crippen molar-refractivity contribution in [3.63, 3.8) is 0 Å². The molecule has 1 heterocycles. The van der Waals surface area contributed by atoms with Crippen molar-refractivity contribution in [2.45, 2.75) is 38.1 Å². The molecule has 0 saturated carbocycles. The molecule has 1 aromatic heterocycles. The summed E-state index contributed by atoms with van der Waals surface area (Å²) in [6.45, 7) is 5.43. The van der Waals surface area contributed by atoms with Crippen LogP contribution in [-0.2, 0) is 16.1 Å². The van der Waals surface area contributed by atoms with Crippen molar-refractivity contribution in [2.24, 2.45) is 0 Å². The molecule has 0 fully saturated rings. The Labute approximate surface area is 135 Å². The van der Waals surface area contributed by atoms with E-state index in [1.165, 1.54) is 16.0 Å². The van der Waals surface area contributed by atoms with Gasteiger partial charge in [-0.05, 0) is 43.2 Å². The van der Waals surface area contributed by atoms with Crippen molar-refractivity contribution in [1.29, 1.82) is 0 Å². The summed E-state index contributed by atoms with van der Waals surface area (Å²) >= 11 is 1.69. The van der Waals surface area contributed by atoms with Gasteiger partial charge in [-0.1, -0.05) is 6.07 Å². The number of aryl methyl sites for hydroxylation is 3. The van der Waals surface area contributed by atoms with Gasteiger partial charge < -0.3 is 4.74 Å². The second kappa shape index (κ2) is 8.63. The van der Waals surface area contributed by atoms with Crippen LogP contribution in [0.25, 0.3) is 0 Å². The highest BCUT2D eigenvalue weighted by molar-refractivity contribution is 7.99. The molecular formula is C17H22N2O2S. The minimum absolute atomic E-state index is 0.128. The Morgan fingerprint density at radius 3 is 2.91 bits per heavy atom. The van der Waals surface area contributed by atoms with Gasteiger partial charge in [0.25, 0.3) is 0 Å². The van der Waals surface area contributed by atoms with Gasteiger partial charge in [0, 0.05) is 36.0 Å². The van der Waals surface area contributed by atoms with Crippen molar-refractivity contribution < 1.29 is 9.53 Å². The van der Waals surface area contributed by atoms with Crippen LogP contribution in [0.2, 0.25) is 0 Å². The number of rotatable bonds is 8. The van der Waals surface area contributed by atoms with Gasteiger partial charge in [0.05, 0.1) is 13.0 Å². The molecule has 0 amide bonds. The quantitative estimate of drug-likeness (QED) is 0.424. The lowest BCUT2D eigenvalue weighted by molar-refractivity contribution is -0.143. The summed E-state index contributed by atoms with van der Waals surface area (Å²) in [5.41, 5.74) is 2.58. The molecule has 4 nitrogen and oxygen atoms in total. The van der Waals surface area contributed by atoms with E-state index in [-0.39, 0.29) is 5.97 Å². The second-order valence-electron chi connectivity index (χ2n) is 5.19. The minimum atomic E-state index is -0.128. The monoisotopic (exact) mass is 318 g/mol. The van der Waals surface area contributed by atoms with E-state index in [1.807, 2.05) is 16.9 Å². The number of ether oxygens (including phenoxy) is 1. The Kier molecular flexibility index (Phi) is 6.52. The highest BCUT2D eigenvalue weighted by Gasteiger charge is 2.04. The highest BCUT2D eigenvalue weighted by Crippen LogP contribution is 2.21. The molecule has 0 aliphatic heterocycles. The van der Waals surface area contributed by atoms with Crippen molar-refractivity contribution >= 4 is 17.7 Å². The number of esters is 1. The van der Waals surface area contributed by atoms with Crippen LogP contribution < -0.4 is 0 Å². The van der Waals surface area contributed by atoms with Crippen LogP contribution in [0.5, 0.6) is 0 Å². The molecule has 0 radical (unpaired) electrons. The number of hydrogen-bond acceptors (Lipinski definition) is 4. The van der Waals surface area contributed by atoms with Gasteiger partial charge in [0.15, 0.2) is 0 Å². The largest absolute Gasteiger partial charge is 0.466 e. The van der Waals surface area contributed by atoms with Crippen LogP contribution in [-0.4, -0.2) is 28.1 Å². The molecule has 2 aromatic rings. The summed E-state index contributed by atoms with van der Waals surface area (Å²) in [4.78, 5) is 12.9. The summed E-state index contributed by atoms with van der Waals surface area (Å²) in [5, 5.41) is 4.10. The molecule has 1 aromatic carbocycles. The first-order valence-corrected chi connectivity index (χ1v) is 8.47. The maximum absolute atomic E-state index is 11.7. The lowest BCUT2D eigenvalue weighted by Crippen LogP contribution is -2.09. The molecule has 0 aliphatic rings. The first kappa shape index (κ1) is 16.6. The maximum atomic E-state index is 11.7. The fourth-order valence-corrected chi connectivity index (χ4v) is 2.90. The SMILES string of the molecule is Cc1ccc(SCCC(=O)OCCCn2cccn2)cc1C. The Hall–Kier alpha value is -1.75. The average Bonchev–Trinajstić information content (AvgIpc) is 3.01. The van der Waals surface area contributed by atoms with E-state index >= 15 is 0 Å². The van der Waals surface area contributed by atoms with Crippen LogP contribution in [0, 0.1) is 13.8 Å². The predicted octanol–water partition coefficient (Wildman–Crippen LogP) is 3.62. The molecule has 0 unspecified atom stereocenters. The van der Waals surface area contributed by atoms with E-state index in [4.69, 9.17) is 4.74 Å². The molecule has 2 rings (SSSR count). The molecule has 0 saturated heterocycles. The molecule has 0 bridgehead atoms. The maximum Gasteiger partial charge on any atom is 0.306 e. The molecule has 118 valence electrons. The average molecular weight is 318 g/mol. The number of carbonyl (C=O) groups is 1. The Bertz CT molecular complexity index is 597. The van der Waals surface area contributed by atoms with Gasteiger partial charge in [-0.2, -0.15) is 5.10 Å². The van der Waals surface area contributed by atoms with Crippen LogP contribution >= 0.6 is 11.8 Å². The lowest BCUT2D eigenvalue weighted by atomic mass is 10.1. The molecule has 0 N–H and O–H groups in total. The van der Waals surface area contributed by atoms with E-state index in [0.717, 1.165) is 18.7 Å². The topological polar surface area (TPSA) is 44.1 Å². The predicted molar refractivity (Wildman–Crippen MR) is 89.1 cm³/mol. The highest BCUT2D eigenvalue weighted by atomic mass is 32.2. The summed E-state index contributed by atoms with van der Waals surface area (Å²) in [7, 11) is 0. The van der Waals surface area contributed by atoms with Crippen LogP contribution in [0.15, 0.2) is 41.6 Å². The summed E-state index contributed by atoms with van der Waals surface area (Å²) < 4.78 is 7.06. The molecule has 0 spiro atoms. The van der Waals surface area contributed by atoms with Gasteiger partial charge in [0.1, 0.15) is 0 Å². The van der Waals surface area contributed by atoms with E-state index in [1.54, 1.807) is 18.0 Å². The van der Waals surface area contributed by atoms with Gasteiger partial charge >= 0.3 is 5.97 Å². The molecule has 0 aliphatic carbocycles. The number of nitrogens with zero attached hydrogens (tertiary/aromatic N) is 2. The normalized spacial score (nSPS) is 10.6.